The number of nitrogens with one attached hydrogen (secondary N) is 2. The molecule has 0 radical (unpaired) electrons. The summed E-state index contributed by atoms with van der Waals surface area (Å²) in [5.41, 5.74) is 0.763. The maximum Gasteiger partial charge on any atom is 0.412 e. The number of allylic oxidation sites excluding steroid dienone is 4. The molecule has 2 atom stereocenters. The molecule has 3 rings (SSSR count). The highest BCUT2D eigenvalue weighted by atomic mass is 35.5. The lowest BCUT2D eigenvalue weighted by Gasteiger charge is -2.36. The molecule has 1 aliphatic carbocycles. The highest BCUT2D eigenvalue weighted by molar-refractivity contribution is 6.40. The molecule has 3 N–H and O–H groups in total. The van der Waals surface area contributed by atoms with Gasteiger partial charge in [0.2, 0.25) is 0 Å². The van der Waals surface area contributed by atoms with Crippen molar-refractivity contribution >= 4 is 40.8 Å². The number of urea groups is 1. The molecule has 0 fully saturated rings. The first-order chi connectivity index (χ1) is 16.5. The van der Waals surface area contributed by atoms with Gasteiger partial charge >= 0.3 is 18.2 Å². The van der Waals surface area contributed by atoms with Gasteiger partial charge in [-0.25, -0.2) is 9.59 Å². The Balaban J connectivity index is 1.72. The molecule has 2 unspecified atom stereocenters. The van der Waals surface area contributed by atoms with Gasteiger partial charge in [-0.2, -0.15) is 13.2 Å². The molecule has 0 bridgehead atoms. The second-order valence-corrected chi connectivity index (χ2v) is 8.76. The van der Waals surface area contributed by atoms with Gasteiger partial charge in [0.1, 0.15) is 0 Å². The Morgan fingerprint density at radius 2 is 1.77 bits per heavy atom. The molecular weight excluding hydrogens is 508 g/mol. The van der Waals surface area contributed by atoms with Gasteiger partial charge in [0.25, 0.3) is 0 Å². The Bertz CT molecular complexity index is 1150. The van der Waals surface area contributed by atoms with Crippen molar-refractivity contribution in [3.8, 4) is 0 Å². The minimum atomic E-state index is -4.85. The molecule has 1 aliphatic rings. The fourth-order valence-electron chi connectivity index (χ4n) is 3.55. The fraction of sp³-hybridized carbons (Fsp3) is 0.250. The van der Waals surface area contributed by atoms with E-state index in [1.165, 1.54) is 30.3 Å². The number of carbonyl (C=O) groups excluding carboxylic acids is 2. The van der Waals surface area contributed by atoms with E-state index >= 15 is 0 Å². The number of aliphatic hydroxyl groups excluding tert-OH is 1. The standard InChI is InChI=1S/C24H21Cl2F3N2O4/c1-35-21(33)20(32)16-9-7-14(8-10-16)13-30-22(34)31-17-11-18(25)19(15-5-3-2-4-6-15)23(26,12-17)24(27,28)29/h2-11,20,32H,12-13H2,1H3,(H2,30,31,34). The van der Waals surface area contributed by atoms with Crippen molar-refractivity contribution in [1.82, 2.24) is 10.6 Å². The van der Waals surface area contributed by atoms with Gasteiger partial charge in [-0.05, 0) is 22.8 Å². The number of ether oxygens (including phenoxy) is 1. The summed E-state index contributed by atoms with van der Waals surface area (Å²) >= 11 is 12.4. The first-order valence-corrected chi connectivity index (χ1v) is 11.0. The molecule has 2 amide bonds. The number of amides is 2. The molecular formula is C24H21Cl2F3N2O4. The summed E-state index contributed by atoms with van der Waals surface area (Å²) in [5, 5.41) is 14.5. The smallest absolute Gasteiger partial charge is 0.412 e. The van der Waals surface area contributed by atoms with E-state index in [0.29, 0.717) is 11.1 Å². The second kappa shape index (κ2) is 10.7. The van der Waals surface area contributed by atoms with Crippen LogP contribution in [0.5, 0.6) is 0 Å². The maximum atomic E-state index is 14.0. The van der Waals surface area contributed by atoms with Gasteiger partial charge in [-0.3, -0.25) is 0 Å². The number of halogens is 5. The van der Waals surface area contributed by atoms with Gasteiger partial charge in [0, 0.05) is 29.3 Å². The molecule has 11 heteroatoms. The number of methoxy groups -OCH3 is 1. The zero-order valence-electron chi connectivity index (χ0n) is 18.3. The Kier molecular flexibility index (Phi) is 8.15. The van der Waals surface area contributed by atoms with E-state index in [0.717, 1.165) is 7.11 Å². The highest BCUT2D eigenvalue weighted by Gasteiger charge is 2.58. The number of hydrogen-bond donors (Lipinski definition) is 3. The SMILES string of the molecule is COC(=O)C(O)c1ccc(CNC(=O)NC2=CC(Cl)=C(c3ccccc3)C(Cl)(C(F)(F)F)C2)cc1. The molecule has 0 saturated heterocycles. The van der Waals surface area contributed by atoms with E-state index in [1.54, 1.807) is 30.3 Å². The van der Waals surface area contributed by atoms with Gasteiger partial charge < -0.3 is 20.5 Å². The summed E-state index contributed by atoms with van der Waals surface area (Å²) in [5.74, 6) is -0.812. The van der Waals surface area contributed by atoms with Crippen molar-refractivity contribution in [1.29, 1.82) is 0 Å². The summed E-state index contributed by atoms with van der Waals surface area (Å²) in [7, 11) is 1.15. The molecule has 35 heavy (non-hydrogen) atoms. The average Bonchev–Trinajstić information content (AvgIpc) is 2.81. The van der Waals surface area contributed by atoms with Crippen molar-refractivity contribution in [3.05, 3.63) is 88.1 Å². The highest BCUT2D eigenvalue weighted by Crippen LogP contribution is 2.53. The molecule has 0 aromatic heterocycles. The third-order valence-corrected chi connectivity index (χ3v) is 6.16. The molecule has 0 heterocycles. The summed E-state index contributed by atoms with van der Waals surface area (Å²) in [6, 6.07) is 13.1. The normalized spacial score (nSPS) is 19.0. The van der Waals surface area contributed by atoms with Crippen LogP contribution in [0.15, 0.2) is 71.4 Å². The summed E-state index contributed by atoms with van der Waals surface area (Å²) < 4.78 is 46.6. The number of rotatable bonds is 6. The lowest BCUT2D eigenvalue weighted by molar-refractivity contribution is -0.150. The van der Waals surface area contributed by atoms with Crippen molar-refractivity contribution in [2.75, 3.05) is 7.11 Å². The van der Waals surface area contributed by atoms with Crippen LogP contribution >= 0.6 is 23.2 Å². The predicted octanol–water partition coefficient (Wildman–Crippen LogP) is 5.17. The largest absolute Gasteiger partial charge is 0.467 e. The van der Waals surface area contributed by atoms with Crippen LogP contribution in [0.25, 0.3) is 5.57 Å². The van der Waals surface area contributed by atoms with Gasteiger partial charge in [-0.1, -0.05) is 66.2 Å². The average molecular weight is 529 g/mol. The van der Waals surface area contributed by atoms with Crippen molar-refractivity contribution in [2.24, 2.45) is 0 Å². The minimum absolute atomic E-state index is 0.0256. The Hall–Kier alpha value is -3.01. The zero-order chi connectivity index (χ0) is 25.8. The Labute approximate surface area is 209 Å². The molecule has 0 aliphatic heterocycles. The number of carbonyl (C=O) groups is 2. The summed E-state index contributed by atoms with van der Waals surface area (Å²) in [4.78, 5) is 20.9. The molecule has 2 aromatic rings. The quantitative estimate of drug-likeness (QED) is 0.356. The maximum absolute atomic E-state index is 14.0. The van der Waals surface area contributed by atoms with Gasteiger partial charge in [0.05, 0.1) is 7.11 Å². The van der Waals surface area contributed by atoms with E-state index in [4.69, 9.17) is 23.2 Å². The van der Waals surface area contributed by atoms with E-state index < -0.39 is 35.6 Å². The molecule has 0 saturated carbocycles. The molecule has 2 aromatic carbocycles. The van der Waals surface area contributed by atoms with Crippen LogP contribution in [0.1, 0.15) is 29.2 Å². The predicted molar refractivity (Wildman–Crippen MR) is 125 cm³/mol. The van der Waals surface area contributed by atoms with Crippen LogP contribution < -0.4 is 10.6 Å². The van der Waals surface area contributed by atoms with Crippen LogP contribution in [0.3, 0.4) is 0 Å². The van der Waals surface area contributed by atoms with Crippen molar-refractivity contribution in [3.63, 3.8) is 0 Å². The monoisotopic (exact) mass is 528 g/mol. The number of alkyl halides is 4. The van der Waals surface area contributed by atoms with Crippen molar-refractivity contribution < 1.29 is 32.6 Å². The first kappa shape index (κ1) is 26.6. The summed E-state index contributed by atoms with van der Waals surface area (Å²) in [6.07, 6.45) is -5.77. The third-order valence-electron chi connectivity index (χ3n) is 5.33. The van der Waals surface area contributed by atoms with Crippen LogP contribution in [0.4, 0.5) is 18.0 Å². The Morgan fingerprint density at radius 1 is 1.14 bits per heavy atom. The number of aliphatic hydroxyl groups is 1. The van der Waals surface area contributed by atoms with E-state index in [2.05, 4.69) is 15.4 Å². The van der Waals surface area contributed by atoms with Gasteiger partial charge in [-0.15, -0.1) is 11.6 Å². The fourth-order valence-corrected chi connectivity index (χ4v) is 4.35. The van der Waals surface area contributed by atoms with Crippen LogP contribution in [-0.4, -0.2) is 35.3 Å². The summed E-state index contributed by atoms with van der Waals surface area (Å²) in [6.45, 7) is 0.0256. The number of hydrogen-bond acceptors (Lipinski definition) is 4. The molecule has 0 spiro atoms. The lowest BCUT2D eigenvalue weighted by Crippen LogP contribution is -2.46. The minimum Gasteiger partial charge on any atom is -0.467 e. The van der Waals surface area contributed by atoms with Crippen LogP contribution in [0.2, 0.25) is 0 Å². The lowest BCUT2D eigenvalue weighted by atomic mass is 9.83. The van der Waals surface area contributed by atoms with Gasteiger partial charge in [0.15, 0.2) is 11.0 Å². The van der Waals surface area contributed by atoms with E-state index in [-0.39, 0.29) is 28.4 Å². The zero-order valence-corrected chi connectivity index (χ0v) is 19.8. The molecule has 6 nitrogen and oxygen atoms in total. The third kappa shape index (κ3) is 5.98. The van der Waals surface area contributed by atoms with Crippen LogP contribution in [-0.2, 0) is 16.1 Å². The number of esters is 1. The second-order valence-electron chi connectivity index (χ2n) is 7.71. The van der Waals surface area contributed by atoms with E-state index in [9.17, 15) is 27.9 Å². The molecule has 186 valence electrons. The van der Waals surface area contributed by atoms with Crippen LogP contribution in [0, 0.1) is 0 Å². The Morgan fingerprint density at radius 3 is 2.34 bits per heavy atom. The topological polar surface area (TPSA) is 87.7 Å². The first-order valence-electron chi connectivity index (χ1n) is 10.3. The number of benzene rings is 2. The van der Waals surface area contributed by atoms with Crippen molar-refractivity contribution in [2.45, 2.75) is 30.1 Å². The van der Waals surface area contributed by atoms with E-state index in [1.807, 2.05) is 0 Å².